The Labute approximate surface area is 92.5 Å². The molecule has 1 aliphatic rings. The fraction of sp³-hybridized carbons (Fsp3) is 0.273. The number of rotatable bonds is 1. The summed E-state index contributed by atoms with van der Waals surface area (Å²) in [7, 11) is 0. The van der Waals surface area contributed by atoms with Gasteiger partial charge in [0.05, 0.1) is 0 Å². The highest BCUT2D eigenvalue weighted by molar-refractivity contribution is 6.07. The quantitative estimate of drug-likeness (QED) is 0.611. The summed E-state index contributed by atoms with van der Waals surface area (Å²) in [6.07, 6.45) is 0. The molecule has 16 heavy (non-hydrogen) atoms. The molecule has 5 heteroatoms. The molecule has 3 N–H and O–H groups in total. The van der Waals surface area contributed by atoms with Gasteiger partial charge in [-0.15, -0.1) is 0 Å². The number of aromatic hydroxyl groups is 1. The molecule has 1 fully saturated rings. The van der Waals surface area contributed by atoms with Crippen LogP contribution in [0.1, 0.15) is 18.1 Å². The summed E-state index contributed by atoms with van der Waals surface area (Å²) >= 11 is 0. The van der Waals surface area contributed by atoms with Crippen LogP contribution >= 0.6 is 0 Å². The SMILES string of the molecule is Cc1cc(C2(C)NC(=O)NC2=O)ccc1O. The molecule has 1 atom stereocenters. The number of nitrogens with one attached hydrogen (secondary N) is 2. The van der Waals surface area contributed by atoms with Gasteiger partial charge in [-0.05, 0) is 37.1 Å². The van der Waals surface area contributed by atoms with Crippen LogP contribution in [-0.4, -0.2) is 17.0 Å². The van der Waals surface area contributed by atoms with Crippen molar-refractivity contribution < 1.29 is 14.7 Å². The van der Waals surface area contributed by atoms with Crippen LogP contribution in [0.4, 0.5) is 4.79 Å². The molecule has 0 radical (unpaired) electrons. The molecule has 0 aromatic heterocycles. The molecular weight excluding hydrogens is 208 g/mol. The maximum absolute atomic E-state index is 11.6. The van der Waals surface area contributed by atoms with Crippen molar-refractivity contribution in [1.82, 2.24) is 10.6 Å². The average molecular weight is 220 g/mol. The number of aryl methyl sites for hydroxylation is 1. The zero-order chi connectivity index (χ0) is 11.9. The fourth-order valence-electron chi connectivity index (χ4n) is 1.71. The Kier molecular flexibility index (Phi) is 2.11. The minimum Gasteiger partial charge on any atom is -0.508 e. The molecule has 84 valence electrons. The number of benzene rings is 1. The van der Waals surface area contributed by atoms with Gasteiger partial charge in [-0.2, -0.15) is 0 Å². The third kappa shape index (κ3) is 1.41. The number of hydrogen-bond acceptors (Lipinski definition) is 3. The summed E-state index contributed by atoms with van der Waals surface area (Å²) in [5.74, 6) is -0.223. The van der Waals surface area contributed by atoms with E-state index in [-0.39, 0.29) is 11.7 Å². The first-order chi connectivity index (χ1) is 7.43. The molecule has 1 aromatic rings. The summed E-state index contributed by atoms with van der Waals surface area (Å²) in [4.78, 5) is 22.7. The lowest BCUT2D eigenvalue weighted by atomic mass is 9.91. The summed E-state index contributed by atoms with van der Waals surface area (Å²) in [5, 5.41) is 14.2. The van der Waals surface area contributed by atoms with Crippen molar-refractivity contribution in [1.29, 1.82) is 0 Å². The van der Waals surface area contributed by atoms with E-state index in [9.17, 15) is 14.7 Å². The second kappa shape index (κ2) is 3.23. The number of urea groups is 1. The average Bonchev–Trinajstić information content (AvgIpc) is 2.46. The minimum absolute atomic E-state index is 0.164. The van der Waals surface area contributed by atoms with E-state index in [1.165, 1.54) is 6.07 Å². The summed E-state index contributed by atoms with van der Waals surface area (Å²) in [6.45, 7) is 3.36. The lowest BCUT2D eigenvalue weighted by Gasteiger charge is -2.21. The van der Waals surface area contributed by atoms with Gasteiger partial charge in [0.1, 0.15) is 11.3 Å². The van der Waals surface area contributed by atoms with Crippen molar-refractivity contribution in [3.05, 3.63) is 29.3 Å². The smallest absolute Gasteiger partial charge is 0.322 e. The van der Waals surface area contributed by atoms with Gasteiger partial charge in [-0.3, -0.25) is 10.1 Å². The second-order valence-corrected chi connectivity index (χ2v) is 4.03. The maximum atomic E-state index is 11.6. The zero-order valence-electron chi connectivity index (χ0n) is 9.00. The normalized spacial score (nSPS) is 24.1. The van der Waals surface area contributed by atoms with Crippen molar-refractivity contribution >= 4 is 11.9 Å². The van der Waals surface area contributed by atoms with Gasteiger partial charge < -0.3 is 10.4 Å². The van der Waals surface area contributed by atoms with Crippen LogP contribution in [0, 0.1) is 6.92 Å². The summed E-state index contributed by atoms with van der Waals surface area (Å²) in [5.41, 5.74) is 0.244. The van der Waals surface area contributed by atoms with Crippen LogP contribution in [0.3, 0.4) is 0 Å². The van der Waals surface area contributed by atoms with E-state index in [1.54, 1.807) is 26.0 Å². The van der Waals surface area contributed by atoms with Crippen LogP contribution in [0.25, 0.3) is 0 Å². The van der Waals surface area contributed by atoms with Gasteiger partial charge in [-0.25, -0.2) is 4.79 Å². The molecule has 2 rings (SSSR count). The van der Waals surface area contributed by atoms with E-state index in [4.69, 9.17) is 0 Å². The molecule has 3 amide bonds. The molecule has 0 saturated carbocycles. The van der Waals surface area contributed by atoms with Gasteiger partial charge in [-0.1, -0.05) is 6.07 Å². The number of carbonyl (C=O) groups excluding carboxylic acids is 2. The molecule has 0 aliphatic carbocycles. The Bertz CT molecular complexity index is 484. The molecule has 1 aliphatic heterocycles. The predicted octanol–water partition coefficient (Wildman–Crippen LogP) is 0.755. The van der Waals surface area contributed by atoms with Gasteiger partial charge in [0.2, 0.25) is 0 Å². The monoisotopic (exact) mass is 220 g/mol. The zero-order valence-corrected chi connectivity index (χ0v) is 9.00. The van der Waals surface area contributed by atoms with Crippen molar-refractivity contribution in [2.75, 3.05) is 0 Å². The molecule has 1 saturated heterocycles. The summed E-state index contributed by atoms with van der Waals surface area (Å²) < 4.78 is 0. The van der Waals surface area contributed by atoms with E-state index in [0.717, 1.165) is 0 Å². The lowest BCUT2D eigenvalue weighted by Crippen LogP contribution is -2.40. The Balaban J connectivity index is 2.47. The Morgan fingerprint density at radius 1 is 1.31 bits per heavy atom. The van der Waals surface area contributed by atoms with Crippen LogP contribution in [-0.2, 0) is 10.3 Å². The van der Waals surface area contributed by atoms with E-state index in [0.29, 0.717) is 11.1 Å². The number of carbonyl (C=O) groups is 2. The predicted molar refractivity (Wildman–Crippen MR) is 56.9 cm³/mol. The summed E-state index contributed by atoms with van der Waals surface area (Å²) in [6, 6.07) is 4.31. The van der Waals surface area contributed by atoms with E-state index < -0.39 is 11.6 Å². The number of hydrogen-bond donors (Lipinski definition) is 3. The topological polar surface area (TPSA) is 78.4 Å². The van der Waals surface area contributed by atoms with Gasteiger partial charge >= 0.3 is 6.03 Å². The third-order valence-corrected chi connectivity index (χ3v) is 2.82. The fourth-order valence-corrected chi connectivity index (χ4v) is 1.71. The Hall–Kier alpha value is -2.04. The Morgan fingerprint density at radius 2 is 2.00 bits per heavy atom. The van der Waals surface area contributed by atoms with Crippen molar-refractivity contribution in [2.24, 2.45) is 0 Å². The van der Waals surface area contributed by atoms with Crippen LogP contribution in [0.15, 0.2) is 18.2 Å². The maximum Gasteiger partial charge on any atom is 0.322 e. The number of amides is 3. The van der Waals surface area contributed by atoms with E-state index in [2.05, 4.69) is 10.6 Å². The molecule has 0 spiro atoms. The van der Waals surface area contributed by atoms with E-state index in [1.807, 2.05) is 0 Å². The first-order valence-corrected chi connectivity index (χ1v) is 4.87. The van der Waals surface area contributed by atoms with Gasteiger partial charge in [0.15, 0.2) is 0 Å². The van der Waals surface area contributed by atoms with Crippen LogP contribution in [0.5, 0.6) is 5.75 Å². The molecule has 1 aromatic carbocycles. The van der Waals surface area contributed by atoms with Crippen molar-refractivity contribution in [3.8, 4) is 5.75 Å². The van der Waals surface area contributed by atoms with Crippen molar-refractivity contribution in [2.45, 2.75) is 19.4 Å². The molecular formula is C11H12N2O3. The first-order valence-electron chi connectivity index (χ1n) is 4.87. The van der Waals surface area contributed by atoms with Crippen molar-refractivity contribution in [3.63, 3.8) is 0 Å². The Morgan fingerprint density at radius 3 is 2.50 bits per heavy atom. The molecule has 1 heterocycles. The highest BCUT2D eigenvalue weighted by Gasteiger charge is 2.43. The standard InChI is InChI=1S/C11H12N2O3/c1-6-5-7(3-4-8(6)14)11(2)9(15)12-10(16)13-11/h3-5,14H,1-2H3,(H2,12,13,15,16). The van der Waals surface area contributed by atoms with Crippen LogP contribution < -0.4 is 10.6 Å². The first kappa shape index (κ1) is 10.5. The molecule has 0 bridgehead atoms. The minimum atomic E-state index is -1.06. The molecule has 5 nitrogen and oxygen atoms in total. The van der Waals surface area contributed by atoms with Gasteiger partial charge in [0, 0.05) is 0 Å². The number of imide groups is 1. The highest BCUT2D eigenvalue weighted by atomic mass is 16.3. The van der Waals surface area contributed by atoms with E-state index >= 15 is 0 Å². The largest absolute Gasteiger partial charge is 0.508 e. The van der Waals surface area contributed by atoms with Gasteiger partial charge in [0.25, 0.3) is 5.91 Å². The lowest BCUT2D eigenvalue weighted by molar-refractivity contribution is -0.123. The molecule has 1 unspecified atom stereocenters. The number of phenols is 1. The highest BCUT2D eigenvalue weighted by Crippen LogP contribution is 2.27. The van der Waals surface area contributed by atoms with Crippen LogP contribution in [0.2, 0.25) is 0 Å². The number of phenolic OH excluding ortho intramolecular Hbond substituents is 1. The second-order valence-electron chi connectivity index (χ2n) is 4.03. The third-order valence-electron chi connectivity index (χ3n) is 2.82.